The molecule has 1 saturated carbocycles. The Morgan fingerprint density at radius 3 is 2.22 bits per heavy atom. The molecule has 0 saturated heterocycles. The van der Waals surface area contributed by atoms with Crippen molar-refractivity contribution in [2.75, 3.05) is 21.3 Å². The van der Waals surface area contributed by atoms with Crippen LogP contribution in [0.5, 0.6) is 17.2 Å². The standard InChI is InChI=1S/C15H19N3O5/c1-21-11-7-13(23-3)12(22-2)6-9(11)8-16-18-15(20)14(19)17-10-4-5-10/h6-8,10H,4-5H2,1-3H3,(H,17,19)(H,18,20)/b16-8-. The summed E-state index contributed by atoms with van der Waals surface area (Å²) in [6, 6.07) is 3.41. The van der Waals surface area contributed by atoms with Crippen LogP contribution in [0.3, 0.4) is 0 Å². The Bertz CT molecular complexity index is 626. The number of carbonyl (C=O) groups is 2. The molecule has 2 rings (SSSR count). The van der Waals surface area contributed by atoms with Crippen LogP contribution in [0.2, 0.25) is 0 Å². The van der Waals surface area contributed by atoms with Gasteiger partial charge in [0.2, 0.25) is 0 Å². The highest BCUT2D eigenvalue weighted by Gasteiger charge is 2.26. The Kier molecular flexibility index (Phi) is 5.40. The van der Waals surface area contributed by atoms with E-state index >= 15 is 0 Å². The molecule has 0 bridgehead atoms. The molecule has 1 fully saturated rings. The van der Waals surface area contributed by atoms with Crippen LogP contribution in [0.4, 0.5) is 0 Å². The van der Waals surface area contributed by atoms with Gasteiger partial charge in [-0.3, -0.25) is 9.59 Å². The molecule has 0 atom stereocenters. The van der Waals surface area contributed by atoms with Crippen molar-refractivity contribution in [1.29, 1.82) is 0 Å². The highest BCUT2D eigenvalue weighted by Crippen LogP contribution is 2.33. The number of methoxy groups -OCH3 is 3. The first-order valence-electron chi connectivity index (χ1n) is 7.03. The van der Waals surface area contributed by atoms with Crippen LogP contribution >= 0.6 is 0 Å². The molecular weight excluding hydrogens is 302 g/mol. The summed E-state index contributed by atoms with van der Waals surface area (Å²) in [6.07, 6.45) is 3.18. The van der Waals surface area contributed by atoms with Crippen molar-refractivity contribution < 1.29 is 23.8 Å². The second-order valence-electron chi connectivity index (χ2n) is 4.90. The van der Waals surface area contributed by atoms with Crippen molar-refractivity contribution in [3.8, 4) is 17.2 Å². The summed E-state index contributed by atoms with van der Waals surface area (Å²) in [7, 11) is 4.53. The third-order valence-corrected chi connectivity index (χ3v) is 3.22. The lowest BCUT2D eigenvalue weighted by Crippen LogP contribution is -2.38. The average Bonchev–Trinajstić information content (AvgIpc) is 3.37. The molecule has 1 aliphatic carbocycles. The Morgan fingerprint density at radius 1 is 1.04 bits per heavy atom. The molecule has 0 aliphatic heterocycles. The molecule has 1 aromatic carbocycles. The van der Waals surface area contributed by atoms with Crippen molar-refractivity contribution in [1.82, 2.24) is 10.7 Å². The van der Waals surface area contributed by atoms with E-state index in [0.717, 1.165) is 12.8 Å². The number of nitrogens with zero attached hydrogens (tertiary/aromatic N) is 1. The zero-order chi connectivity index (χ0) is 16.8. The van der Waals surface area contributed by atoms with Crippen LogP contribution in [-0.4, -0.2) is 45.4 Å². The maximum absolute atomic E-state index is 11.6. The Balaban J connectivity index is 2.05. The Hall–Kier alpha value is -2.77. The molecule has 0 radical (unpaired) electrons. The van der Waals surface area contributed by atoms with E-state index in [9.17, 15) is 9.59 Å². The summed E-state index contributed by atoms with van der Waals surface area (Å²) < 4.78 is 15.6. The number of carbonyl (C=O) groups excluding carboxylic acids is 2. The van der Waals surface area contributed by atoms with Crippen molar-refractivity contribution >= 4 is 18.0 Å². The van der Waals surface area contributed by atoms with Gasteiger partial charge in [0, 0.05) is 17.7 Å². The van der Waals surface area contributed by atoms with E-state index in [1.165, 1.54) is 27.5 Å². The first kappa shape index (κ1) is 16.6. The quantitative estimate of drug-likeness (QED) is 0.450. The summed E-state index contributed by atoms with van der Waals surface area (Å²) in [5, 5.41) is 6.34. The molecule has 2 N–H and O–H groups in total. The van der Waals surface area contributed by atoms with E-state index in [2.05, 4.69) is 15.8 Å². The number of hydrogen-bond donors (Lipinski definition) is 2. The van der Waals surface area contributed by atoms with E-state index < -0.39 is 11.8 Å². The van der Waals surface area contributed by atoms with Gasteiger partial charge in [-0.25, -0.2) is 5.43 Å². The first-order chi connectivity index (χ1) is 11.1. The lowest BCUT2D eigenvalue weighted by Gasteiger charge is -2.11. The van der Waals surface area contributed by atoms with Crippen LogP contribution in [0, 0.1) is 0 Å². The summed E-state index contributed by atoms with van der Waals surface area (Å²) in [5.41, 5.74) is 2.74. The predicted octanol–water partition coefficient (Wildman–Crippen LogP) is 0.441. The minimum absolute atomic E-state index is 0.114. The third kappa shape index (κ3) is 4.35. The van der Waals surface area contributed by atoms with Gasteiger partial charge in [-0.1, -0.05) is 0 Å². The molecule has 1 aromatic rings. The van der Waals surface area contributed by atoms with E-state index in [1.54, 1.807) is 12.1 Å². The summed E-state index contributed by atoms with van der Waals surface area (Å²) in [5.74, 6) is -0.0125. The van der Waals surface area contributed by atoms with Crippen LogP contribution < -0.4 is 25.0 Å². The highest BCUT2D eigenvalue weighted by molar-refractivity contribution is 6.35. The molecular formula is C15H19N3O5. The number of ether oxygens (including phenoxy) is 3. The molecule has 1 aliphatic rings. The van der Waals surface area contributed by atoms with Gasteiger partial charge in [0.05, 0.1) is 27.5 Å². The zero-order valence-corrected chi connectivity index (χ0v) is 13.2. The van der Waals surface area contributed by atoms with Crippen LogP contribution in [0.1, 0.15) is 18.4 Å². The minimum Gasteiger partial charge on any atom is -0.496 e. The minimum atomic E-state index is -0.812. The largest absolute Gasteiger partial charge is 0.496 e. The van der Waals surface area contributed by atoms with Gasteiger partial charge in [0.25, 0.3) is 0 Å². The van der Waals surface area contributed by atoms with Gasteiger partial charge >= 0.3 is 11.8 Å². The fraction of sp³-hybridized carbons (Fsp3) is 0.400. The maximum Gasteiger partial charge on any atom is 0.329 e. The molecule has 124 valence electrons. The number of amides is 2. The summed E-state index contributed by atoms with van der Waals surface area (Å²) in [4.78, 5) is 23.0. The van der Waals surface area contributed by atoms with E-state index in [-0.39, 0.29) is 6.04 Å². The Morgan fingerprint density at radius 2 is 1.65 bits per heavy atom. The fourth-order valence-corrected chi connectivity index (χ4v) is 1.84. The van der Waals surface area contributed by atoms with Gasteiger partial charge in [-0.2, -0.15) is 5.10 Å². The molecule has 8 nitrogen and oxygen atoms in total. The molecule has 0 aromatic heterocycles. The molecule has 23 heavy (non-hydrogen) atoms. The van der Waals surface area contributed by atoms with Gasteiger partial charge < -0.3 is 19.5 Å². The molecule has 2 amide bonds. The van der Waals surface area contributed by atoms with E-state index in [4.69, 9.17) is 14.2 Å². The number of rotatable bonds is 6. The highest BCUT2D eigenvalue weighted by atomic mass is 16.5. The number of hydrazone groups is 1. The molecule has 0 unspecified atom stereocenters. The second-order valence-corrected chi connectivity index (χ2v) is 4.90. The molecule has 8 heteroatoms. The Labute approximate surface area is 133 Å². The van der Waals surface area contributed by atoms with E-state index in [1.807, 2.05) is 0 Å². The monoisotopic (exact) mass is 321 g/mol. The fourth-order valence-electron chi connectivity index (χ4n) is 1.84. The van der Waals surface area contributed by atoms with Gasteiger partial charge in [0.15, 0.2) is 11.5 Å². The van der Waals surface area contributed by atoms with Crippen LogP contribution in [0.25, 0.3) is 0 Å². The maximum atomic E-state index is 11.6. The first-order valence-corrected chi connectivity index (χ1v) is 7.03. The second kappa shape index (κ2) is 7.48. The number of hydrogen-bond acceptors (Lipinski definition) is 6. The predicted molar refractivity (Wildman–Crippen MR) is 83.0 cm³/mol. The topological polar surface area (TPSA) is 98.2 Å². The zero-order valence-electron chi connectivity index (χ0n) is 13.2. The van der Waals surface area contributed by atoms with Crippen molar-refractivity contribution in [2.45, 2.75) is 18.9 Å². The lowest BCUT2D eigenvalue weighted by atomic mass is 10.2. The molecule has 0 heterocycles. The normalized spacial score (nSPS) is 13.5. The summed E-state index contributed by atoms with van der Waals surface area (Å²) in [6.45, 7) is 0. The lowest BCUT2D eigenvalue weighted by molar-refractivity contribution is -0.139. The average molecular weight is 321 g/mol. The number of nitrogens with one attached hydrogen (secondary N) is 2. The molecule has 0 spiro atoms. The SMILES string of the molecule is COc1cc(OC)c(OC)cc1/C=N\NC(=O)C(=O)NC1CC1. The van der Waals surface area contributed by atoms with Crippen molar-refractivity contribution in [3.05, 3.63) is 17.7 Å². The van der Waals surface area contributed by atoms with Gasteiger partial charge in [-0.15, -0.1) is 0 Å². The number of benzene rings is 1. The van der Waals surface area contributed by atoms with Crippen LogP contribution in [-0.2, 0) is 9.59 Å². The van der Waals surface area contributed by atoms with Crippen molar-refractivity contribution in [2.24, 2.45) is 5.10 Å². The van der Waals surface area contributed by atoms with E-state index in [0.29, 0.717) is 22.8 Å². The third-order valence-electron chi connectivity index (χ3n) is 3.22. The van der Waals surface area contributed by atoms with Crippen molar-refractivity contribution in [3.63, 3.8) is 0 Å². The summed E-state index contributed by atoms with van der Waals surface area (Å²) >= 11 is 0. The smallest absolute Gasteiger partial charge is 0.329 e. The van der Waals surface area contributed by atoms with Gasteiger partial charge in [0.1, 0.15) is 5.75 Å². The van der Waals surface area contributed by atoms with Crippen LogP contribution in [0.15, 0.2) is 17.2 Å². The van der Waals surface area contributed by atoms with Gasteiger partial charge in [-0.05, 0) is 18.9 Å².